The summed E-state index contributed by atoms with van der Waals surface area (Å²) in [4.78, 5) is 12.3. The first kappa shape index (κ1) is 23.4. The summed E-state index contributed by atoms with van der Waals surface area (Å²) >= 11 is 0. The van der Waals surface area contributed by atoms with Crippen LogP contribution in [-0.4, -0.2) is 57.6 Å². The van der Waals surface area contributed by atoms with Crippen molar-refractivity contribution in [1.82, 2.24) is 10.0 Å². The molecule has 33 heavy (non-hydrogen) atoms. The first-order valence-corrected chi connectivity index (χ1v) is 12.1. The van der Waals surface area contributed by atoms with E-state index in [1.54, 1.807) is 18.2 Å². The van der Waals surface area contributed by atoms with Gasteiger partial charge in [0.25, 0.3) is 5.91 Å². The smallest absolute Gasteiger partial charge is 0.251 e. The van der Waals surface area contributed by atoms with Gasteiger partial charge in [0.05, 0.1) is 29.8 Å². The lowest BCUT2D eigenvalue weighted by Crippen LogP contribution is -2.51. The number of amides is 1. The van der Waals surface area contributed by atoms with Crippen molar-refractivity contribution in [1.29, 1.82) is 0 Å². The Morgan fingerprint density at radius 2 is 1.85 bits per heavy atom. The number of sulfonamides is 1. The highest BCUT2D eigenvalue weighted by Crippen LogP contribution is 2.32. The lowest BCUT2D eigenvalue weighted by atomic mass is 9.98. The second kappa shape index (κ2) is 10.0. The highest BCUT2D eigenvalue weighted by Gasteiger charge is 2.34. The third-order valence-corrected chi connectivity index (χ3v) is 7.12. The quantitative estimate of drug-likeness (QED) is 0.524. The van der Waals surface area contributed by atoms with Gasteiger partial charge in [0.15, 0.2) is 11.5 Å². The summed E-state index contributed by atoms with van der Waals surface area (Å²) in [6, 6.07) is 8.84. The van der Waals surface area contributed by atoms with Gasteiger partial charge in [0.1, 0.15) is 5.82 Å². The summed E-state index contributed by atoms with van der Waals surface area (Å²) in [5.74, 6) is 0.337. The Morgan fingerprint density at radius 1 is 1.09 bits per heavy atom. The van der Waals surface area contributed by atoms with Gasteiger partial charge in [-0.2, -0.15) is 0 Å². The number of aliphatic hydroxyl groups excluding tert-OH is 1. The molecule has 4 rings (SSSR count). The molecule has 2 aliphatic rings. The van der Waals surface area contributed by atoms with Gasteiger partial charge in [-0.15, -0.1) is 0 Å². The fraction of sp³-hybridized carbons (Fsp3) is 0.409. The highest BCUT2D eigenvalue weighted by molar-refractivity contribution is 7.89. The van der Waals surface area contributed by atoms with Crippen molar-refractivity contribution in [3.8, 4) is 11.5 Å². The number of aliphatic hydroxyl groups is 1. The lowest BCUT2D eigenvalue weighted by Gasteiger charge is -2.36. The topological polar surface area (TPSA) is 123 Å². The molecular weight excluding hydrogens is 455 g/mol. The molecule has 2 aromatic rings. The number of benzene rings is 2. The van der Waals surface area contributed by atoms with Crippen LogP contribution in [0.5, 0.6) is 11.5 Å². The second-order valence-electron chi connectivity index (χ2n) is 7.85. The van der Waals surface area contributed by atoms with Crippen LogP contribution in [0.15, 0.2) is 47.4 Å². The molecule has 0 aliphatic carbocycles. The average Bonchev–Trinajstić information content (AvgIpc) is 3.28. The van der Waals surface area contributed by atoms with Crippen LogP contribution in [-0.2, 0) is 14.8 Å². The molecule has 9 nitrogen and oxygen atoms in total. The van der Waals surface area contributed by atoms with Gasteiger partial charge >= 0.3 is 0 Å². The third-order valence-electron chi connectivity index (χ3n) is 5.61. The van der Waals surface area contributed by atoms with Gasteiger partial charge in [0.2, 0.25) is 16.8 Å². The fourth-order valence-corrected chi connectivity index (χ4v) is 5.15. The van der Waals surface area contributed by atoms with Gasteiger partial charge in [-0.1, -0.05) is 0 Å². The molecule has 1 saturated heterocycles. The molecule has 1 fully saturated rings. The number of ether oxygens (including phenoxy) is 3. The van der Waals surface area contributed by atoms with E-state index in [1.165, 1.54) is 12.1 Å². The minimum absolute atomic E-state index is 0.0612. The molecule has 0 saturated carbocycles. The number of hydrogen-bond donors (Lipinski definition) is 3. The fourth-order valence-electron chi connectivity index (χ4n) is 3.85. The van der Waals surface area contributed by atoms with Crippen molar-refractivity contribution in [3.05, 3.63) is 53.8 Å². The maximum Gasteiger partial charge on any atom is 0.251 e. The number of halogens is 1. The van der Waals surface area contributed by atoms with Crippen LogP contribution in [0.25, 0.3) is 0 Å². The summed E-state index contributed by atoms with van der Waals surface area (Å²) in [7, 11) is -3.88. The SMILES string of the molecule is O=C(NCC[C@@H]1CC[C@@H](NS(=O)(=O)c2ccc(F)cc2)[C@H](CO)O1)c1ccc2c(c1)OCO2. The number of carbonyl (C=O) groups is 1. The number of rotatable bonds is 8. The Hall–Kier alpha value is -2.73. The van der Waals surface area contributed by atoms with Gasteiger partial charge < -0.3 is 24.6 Å². The Labute approximate surface area is 190 Å². The predicted octanol–water partition coefficient (Wildman–Crippen LogP) is 1.56. The van der Waals surface area contributed by atoms with Gasteiger partial charge in [-0.05, 0) is 61.7 Å². The second-order valence-corrected chi connectivity index (χ2v) is 9.56. The third kappa shape index (κ3) is 5.61. The van der Waals surface area contributed by atoms with Crippen LogP contribution in [0.1, 0.15) is 29.6 Å². The Kier molecular flexibility index (Phi) is 7.13. The highest BCUT2D eigenvalue weighted by atomic mass is 32.2. The van der Waals surface area contributed by atoms with E-state index in [-0.39, 0.29) is 30.3 Å². The standard InChI is InChI=1S/C22H25FN2O7S/c23-15-2-5-17(6-3-15)33(28,29)25-18-7-4-16(32-21(18)12-26)9-10-24-22(27)14-1-8-19-20(11-14)31-13-30-19/h1-3,5-6,8,11,16,18,21,25-26H,4,7,9-10,12-13H2,(H,24,27)/t16-,18+,21-/m0/s1. The normalized spacial score (nSPS) is 22.2. The minimum Gasteiger partial charge on any atom is -0.454 e. The average molecular weight is 481 g/mol. The number of nitrogens with one attached hydrogen (secondary N) is 2. The molecule has 2 aliphatic heterocycles. The van der Waals surface area contributed by atoms with Gasteiger partial charge in [0, 0.05) is 12.1 Å². The number of hydrogen-bond acceptors (Lipinski definition) is 7. The molecule has 0 unspecified atom stereocenters. The van der Waals surface area contributed by atoms with Crippen LogP contribution < -0.4 is 19.5 Å². The molecule has 0 radical (unpaired) electrons. The summed E-state index contributed by atoms with van der Waals surface area (Å²) in [5.41, 5.74) is 0.451. The molecule has 178 valence electrons. The van der Waals surface area contributed by atoms with E-state index in [4.69, 9.17) is 14.2 Å². The number of carbonyl (C=O) groups excluding carboxylic acids is 1. The molecular formula is C22H25FN2O7S. The van der Waals surface area contributed by atoms with Crippen LogP contribution in [0.3, 0.4) is 0 Å². The van der Waals surface area contributed by atoms with Crippen molar-refractivity contribution in [2.75, 3.05) is 19.9 Å². The molecule has 11 heteroatoms. The van der Waals surface area contributed by atoms with E-state index in [1.807, 2.05) is 0 Å². The van der Waals surface area contributed by atoms with Crippen molar-refractivity contribution >= 4 is 15.9 Å². The zero-order chi connectivity index (χ0) is 23.4. The number of fused-ring (bicyclic) bond motifs is 1. The van der Waals surface area contributed by atoms with E-state index in [9.17, 15) is 22.7 Å². The maximum atomic E-state index is 13.1. The summed E-state index contributed by atoms with van der Waals surface area (Å²) in [5, 5.41) is 12.5. The molecule has 0 bridgehead atoms. The zero-order valence-corrected chi connectivity index (χ0v) is 18.5. The van der Waals surface area contributed by atoms with E-state index >= 15 is 0 Å². The first-order valence-electron chi connectivity index (χ1n) is 10.6. The van der Waals surface area contributed by atoms with Crippen LogP contribution in [0.2, 0.25) is 0 Å². The zero-order valence-electron chi connectivity index (χ0n) is 17.7. The lowest BCUT2D eigenvalue weighted by molar-refractivity contribution is -0.0871. The Morgan fingerprint density at radius 3 is 2.61 bits per heavy atom. The van der Waals surface area contributed by atoms with E-state index < -0.39 is 28.0 Å². The van der Waals surface area contributed by atoms with E-state index in [2.05, 4.69) is 10.0 Å². The monoisotopic (exact) mass is 480 g/mol. The van der Waals surface area contributed by atoms with E-state index in [0.717, 1.165) is 12.1 Å². The molecule has 3 N–H and O–H groups in total. The molecule has 0 spiro atoms. The van der Waals surface area contributed by atoms with Gasteiger partial charge in [-0.3, -0.25) is 4.79 Å². The minimum atomic E-state index is -3.88. The summed E-state index contributed by atoms with van der Waals surface area (Å²) in [6.45, 7) is 0.116. The molecule has 1 amide bonds. The molecule has 2 aromatic carbocycles. The van der Waals surface area contributed by atoms with E-state index in [0.29, 0.717) is 42.9 Å². The molecule has 0 aromatic heterocycles. The van der Waals surface area contributed by atoms with Crippen molar-refractivity contribution < 1.29 is 36.9 Å². The van der Waals surface area contributed by atoms with Crippen molar-refractivity contribution in [2.24, 2.45) is 0 Å². The van der Waals surface area contributed by atoms with Crippen LogP contribution >= 0.6 is 0 Å². The van der Waals surface area contributed by atoms with Crippen molar-refractivity contribution in [2.45, 2.75) is 42.4 Å². The Bertz CT molecular complexity index is 1090. The maximum absolute atomic E-state index is 13.1. The molecule has 2 heterocycles. The van der Waals surface area contributed by atoms with Crippen LogP contribution in [0, 0.1) is 5.82 Å². The van der Waals surface area contributed by atoms with Crippen molar-refractivity contribution in [3.63, 3.8) is 0 Å². The van der Waals surface area contributed by atoms with Gasteiger partial charge in [-0.25, -0.2) is 17.5 Å². The summed E-state index contributed by atoms with van der Waals surface area (Å²) < 4.78 is 57.2. The van der Waals surface area contributed by atoms with Crippen LogP contribution in [0.4, 0.5) is 4.39 Å². The molecule has 3 atom stereocenters. The predicted molar refractivity (Wildman–Crippen MR) is 115 cm³/mol. The Balaban J connectivity index is 1.27. The first-order chi connectivity index (χ1) is 15.9. The summed E-state index contributed by atoms with van der Waals surface area (Å²) in [6.07, 6.45) is 0.526. The largest absolute Gasteiger partial charge is 0.454 e.